The fraction of sp³-hybridized carbons (Fsp3) is 0. The van der Waals surface area contributed by atoms with Gasteiger partial charge in [-0.15, -0.1) is 0 Å². The first-order valence-electron chi connectivity index (χ1n) is 6.71. The Morgan fingerprint density at radius 3 is 1.64 bits per heavy atom. The van der Waals surface area contributed by atoms with Crippen LogP contribution in [0.15, 0.2) is 77.7 Å². The molecular formula is C18H13FO2S. The zero-order valence-corrected chi connectivity index (χ0v) is 12.4. The molecular weight excluding hydrogens is 299 g/mol. The van der Waals surface area contributed by atoms with Crippen molar-refractivity contribution in [3.05, 3.63) is 78.6 Å². The zero-order chi connectivity index (χ0) is 15.5. The van der Waals surface area contributed by atoms with Crippen molar-refractivity contribution in [2.75, 3.05) is 0 Å². The second-order valence-electron chi connectivity index (χ2n) is 4.83. The maximum Gasteiger partial charge on any atom is 0.186 e. The molecule has 0 heterocycles. The molecule has 1 unspecified atom stereocenters. The molecule has 22 heavy (non-hydrogen) atoms. The van der Waals surface area contributed by atoms with Crippen molar-refractivity contribution in [2.45, 2.75) is 4.90 Å². The van der Waals surface area contributed by atoms with Crippen LogP contribution in [0, 0.1) is 5.82 Å². The highest BCUT2D eigenvalue weighted by Gasteiger charge is 2.08. The third-order valence-corrected chi connectivity index (χ3v) is 4.12. The van der Waals surface area contributed by atoms with E-state index in [0.29, 0.717) is 4.90 Å². The van der Waals surface area contributed by atoms with Crippen LogP contribution >= 0.6 is 0 Å². The lowest BCUT2D eigenvalue weighted by Crippen LogP contribution is -1.89. The second kappa shape index (κ2) is 6.22. The summed E-state index contributed by atoms with van der Waals surface area (Å²) in [5, 5.41) is 0. The van der Waals surface area contributed by atoms with Gasteiger partial charge >= 0.3 is 0 Å². The normalized spacial score (nSPS) is 12.1. The Hall–Kier alpha value is -2.30. The van der Waals surface area contributed by atoms with E-state index in [1.165, 1.54) is 12.1 Å². The summed E-state index contributed by atoms with van der Waals surface area (Å²) in [5.74, 6) is -0.268. The molecule has 1 atom stereocenters. The number of rotatable bonds is 3. The van der Waals surface area contributed by atoms with E-state index >= 15 is 0 Å². The molecule has 0 fully saturated rings. The minimum atomic E-state index is -1.98. The summed E-state index contributed by atoms with van der Waals surface area (Å²) in [6.45, 7) is 0. The Morgan fingerprint density at radius 1 is 0.727 bits per heavy atom. The van der Waals surface area contributed by atoms with Gasteiger partial charge in [0.1, 0.15) is 5.82 Å². The molecule has 0 bridgehead atoms. The molecule has 0 aliphatic carbocycles. The summed E-state index contributed by atoms with van der Waals surface area (Å²) in [4.78, 5) is 0.364. The first kappa shape index (κ1) is 14.6. The van der Waals surface area contributed by atoms with Gasteiger partial charge in [-0.05, 0) is 46.5 Å². The van der Waals surface area contributed by atoms with Gasteiger partial charge in [0.15, 0.2) is 11.1 Å². The molecule has 4 heteroatoms. The second-order valence-corrected chi connectivity index (χ2v) is 5.80. The van der Waals surface area contributed by atoms with Gasteiger partial charge in [0.2, 0.25) is 0 Å². The van der Waals surface area contributed by atoms with Crippen LogP contribution < -0.4 is 0 Å². The van der Waals surface area contributed by atoms with Gasteiger partial charge in [-0.3, -0.25) is 0 Å². The van der Waals surface area contributed by atoms with Crippen molar-refractivity contribution in [3.8, 4) is 22.3 Å². The molecule has 0 aliphatic rings. The topological polar surface area (TPSA) is 37.3 Å². The Labute approximate surface area is 130 Å². The van der Waals surface area contributed by atoms with Crippen LogP contribution in [0.1, 0.15) is 0 Å². The van der Waals surface area contributed by atoms with Crippen molar-refractivity contribution in [1.29, 1.82) is 0 Å². The van der Waals surface area contributed by atoms with Crippen molar-refractivity contribution >= 4 is 11.1 Å². The molecule has 2 nitrogen and oxygen atoms in total. The molecule has 0 aromatic heterocycles. The third-order valence-electron chi connectivity index (χ3n) is 3.45. The van der Waals surface area contributed by atoms with Gasteiger partial charge in [0.25, 0.3) is 0 Å². The van der Waals surface area contributed by atoms with E-state index in [4.69, 9.17) is 4.55 Å². The molecule has 3 rings (SSSR count). The Bertz CT molecular complexity index is 811. The van der Waals surface area contributed by atoms with E-state index in [0.717, 1.165) is 22.3 Å². The lowest BCUT2D eigenvalue weighted by Gasteiger charge is -2.10. The predicted octanol–water partition coefficient (Wildman–Crippen LogP) is 4.74. The first-order valence-corrected chi connectivity index (χ1v) is 7.82. The monoisotopic (exact) mass is 312 g/mol. The van der Waals surface area contributed by atoms with Gasteiger partial charge in [0, 0.05) is 0 Å². The van der Waals surface area contributed by atoms with Gasteiger partial charge < -0.3 is 4.55 Å². The molecule has 0 saturated carbocycles. The number of benzene rings is 3. The van der Waals surface area contributed by atoms with Crippen LogP contribution in [0.3, 0.4) is 0 Å². The van der Waals surface area contributed by atoms with E-state index < -0.39 is 11.1 Å². The molecule has 0 spiro atoms. The maximum atomic E-state index is 13.1. The lowest BCUT2D eigenvalue weighted by molar-refractivity contribution is 0.564. The van der Waals surface area contributed by atoms with E-state index in [2.05, 4.69) is 0 Å². The predicted molar refractivity (Wildman–Crippen MR) is 86.3 cm³/mol. The van der Waals surface area contributed by atoms with E-state index in [1.54, 1.807) is 24.3 Å². The number of hydrogen-bond donors (Lipinski definition) is 1. The average molecular weight is 312 g/mol. The van der Waals surface area contributed by atoms with Crippen molar-refractivity contribution in [2.24, 2.45) is 0 Å². The lowest BCUT2D eigenvalue weighted by atomic mass is 9.95. The fourth-order valence-corrected chi connectivity index (χ4v) is 2.74. The highest BCUT2D eigenvalue weighted by molar-refractivity contribution is 7.79. The molecule has 0 aliphatic heterocycles. The SMILES string of the molecule is O=S(O)c1ccc(-c2ccccc2-c2ccc(F)cc2)cc1. The van der Waals surface area contributed by atoms with Crippen LogP contribution in [0.4, 0.5) is 4.39 Å². The minimum Gasteiger partial charge on any atom is -0.302 e. The summed E-state index contributed by atoms with van der Waals surface area (Å²) < 4.78 is 33.2. The maximum absolute atomic E-state index is 13.1. The minimum absolute atomic E-state index is 0.268. The van der Waals surface area contributed by atoms with Gasteiger partial charge in [-0.25, -0.2) is 8.60 Å². The van der Waals surface area contributed by atoms with Crippen LogP contribution in [0.5, 0.6) is 0 Å². The van der Waals surface area contributed by atoms with Gasteiger partial charge in [-0.1, -0.05) is 48.5 Å². The molecule has 0 amide bonds. The third kappa shape index (κ3) is 2.98. The first-order chi connectivity index (χ1) is 10.6. The smallest absolute Gasteiger partial charge is 0.186 e. The highest BCUT2D eigenvalue weighted by atomic mass is 32.2. The van der Waals surface area contributed by atoms with Crippen LogP contribution in [-0.2, 0) is 11.1 Å². The summed E-state index contributed by atoms with van der Waals surface area (Å²) >= 11 is -1.98. The largest absolute Gasteiger partial charge is 0.302 e. The zero-order valence-electron chi connectivity index (χ0n) is 11.6. The van der Waals surface area contributed by atoms with E-state index in [9.17, 15) is 8.60 Å². The van der Waals surface area contributed by atoms with Crippen LogP contribution in [-0.4, -0.2) is 8.76 Å². The molecule has 3 aromatic carbocycles. The summed E-state index contributed by atoms with van der Waals surface area (Å²) in [5.41, 5.74) is 3.84. The molecule has 0 radical (unpaired) electrons. The summed E-state index contributed by atoms with van der Waals surface area (Å²) in [6, 6.07) is 21.0. The summed E-state index contributed by atoms with van der Waals surface area (Å²) in [6.07, 6.45) is 0. The average Bonchev–Trinajstić information content (AvgIpc) is 2.56. The molecule has 0 saturated heterocycles. The van der Waals surface area contributed by atoms with Crippen molar-refractivity contribution in [1.82, 2.24) is 0 Å². The number of hydrogen-bond acceptors (Lipinski definition) is 1. The van der Waals surface area contributed by atoms with E-state index in [1.807, 2.05) is 36.4 Å². The van der Waals surface area contributed by atoms with Gasteiger partial charge in [0.05, 0.1) is 4.90 Å². The number of halogens is 1. The standard InChI is InChI=1S/C18H13FO2S/c19-15-9-5-13(6-10-15)17-3-1-2-4-18(17)14-7-11-16(12-8-14)22(20)21/h1-12H,(H,20,21). The fourth-order valence-electron chi connectivity index (χ4n) is 2.37. The van der Waals surface area contributed by atoms with Crippen molar-refractivity contribution < 1.29 is 13.2 Å². The van der Waals surface area contributed by atoms with Gasteiger partial charge in [-0.2, -0.15) is 0 Å². The summed E-state index contributed by atoms with van der Waals surface area (Å²) in [7, 11) is 0. The van der Waals surface area contributed by atoms with E-state index in [-0.39, 0.29) is 5.82 Å². The Morgan fingerprint density at radius 2 is 1.18 bits per heavy atom. The highest BCUT2D eigenvalue weighted by Crippen LogP contribution is 2.32. The Balaban J connectivity index is 2.08. The molecule has 1 N–H and O–H groups in total. The molecule has 110 valence electrons. The van der Waals surface area contributed by atoms with Crippen LogP contribution in [0.2, 0.25) is 0 Å². The van der Waals surface area contributed by atoms with Crippen LogP contribution in [0.25, 0.3) is 22.3 Å². The Kier molecular flexibility index (Phi) is 4.13. The van der Waals surface area contributed by atoms with Crippen molar-refractivity contribution in [3.63, 3.8) is 0 Å². The quantitative estimate of drug-likeness (QED) is 0.709. The molecule has 3 aromatic rings.